The third kappa shape index (κ3) is 2.69. The van der Waals surface area contributed by atoms with Gasteiger partial charge in [0.1, 0.15) is 4.47 Å². The number of aromatic amines is 1. The minimum Gasteiger partial charge on any atom is -0.369 e. The van der Waals surface area contributed by atoms with Gasteiger partial charge >= 0.3 is 0 Å². The first kappa shape index (κ1) is 12.6. The predicted molar refractivity (Wildman–Crippen MR) is 69.4 cm³/mol. The fourth-order valence-electron chi connectivity index (χ4n) is 2.21. The van der Waals surface area contributed by atoms with E-state index in [0.29, 0.717) is 16.8 Å². The lowest BCUT2D eigenvalue weighted by molar-refractivity contribution is -0.0752. The van der Waals surface area contributed by atoms with Crippen LogP contribution in [0, 0.1) is 0 Å². The van der Waals surface area contributed by atoms with Gasteiger partial charge in [0.05, 0.1) is 18.0 Å². The SMILES string of the molecule is CC1CN(c2nc[nH]c(=O)c2Br)CC(C)(C)O1. The van der Waals surface area contributed by atoms with Crippen LogP contribution < -0.4 is 10.5 Å². The van der Waals surface area contributed by atoms with E-state index in [4.69, 9.17) is 4.74 Å². The van der Waals surface area contributed by atoms with Crippen LogP contribution in [0.1, 0.15) is 20.8 Å². The molecule has 1 fully saturated rings. The Morgan fingerprint density at radius 2 is 2.35 bits per heavy atom. The van der Waals surface area contributed by atoms with Crippen LogP contribution in [0.5, 0.6) is 0 Å². The highest BCUT2D eigenvalue weighted by Crippen LogP contribution is 2.27. The lowest BCUT2D eigenvalue weighted by atomic mass is 10.1. The summed E-state index contributed by atoms with van der Waals surface area (Å²) in [6, 6.07) is 0. The van der Waals surface area contributed by atoms with Crippen molar-refractivity contribution in [3.05, 3.63) is 21.2 Å². The van der Waals surface area contributed by atoms with E-state index in [2.05, 4.69) is 30.8 Å². The van der Waals surface area contributed by atoms with E-state index in [9.17, 15) is 4.79 Å². The van der Waals surface area contributed by atoms with Crippen molar-refractivity contribution in [2.75, 3.05) is 18.0 Å². The number of morpholine rings is 1. The van der Waals surface area contributed by atoms with Crippen molar-refractivity contribution in [3.8, 4) is 0 Å². The molecule has 1 saturated heterocycles. The second kappa shape index (κ2) is 4.42. The summed E-state index contributed by atoms with van der Waals surface area (Å²) < 4.78 is 6.30. The molecule has 6 heteroatoms. The number of hydrogen-bond donors (Lipinski definition) is 1. The minimum absolute atomic E-state index is 0.117. The summed E-state index contributed by atoms with van der Waals surface area (Å²) >= 11 is 3.28. The van der Waals surface area contributed by atoms with Gasteiger partial charge in [0.15, 0.2) is 5.82 Å². The molecular formula is C11H16BrN3O2. The van der Waals surface area contributed by atoms with Gasteiger partial charge in [-0.1, -0.05) is 0 Å². The molecule has 1 unspecified atom stereocenters. The van der Waals surface area contributed by atoms with Crippen molar-refractivity contribution < 1.29 is 4.74 Å². The van der Waals surface area contributed by atoms with E-state index in [1.165, 1.54) is 6.33 Å². The van der Waals surface area contributed by atoms with Gasteiger partial charge in [-0.25, -0.2) is 4.98 Å². The van der Waals surface area contributed by atoms with Gasteiger partial charge in [-0.2, -0.15) is 0 Å². The molecule has 1 atom stereocenters. The van der Waals surface area contributed by atoms with E-state index < -0.39 is 0 Å². The first-order chi connectivity index (χ1) is 7.89. The molecule has 1 N–H and O–H groups in total. The van der Waals surface area contributed by atoms with E-state index in [0.717, 1.165) is 6.54 Å². The Balaban J connectivity index is 2.33. The Hall–Kier alpha value is -0.880. The largest absolute Gasteiger partial charge is 0.369 e. The number of rotatable bonds is 1. The van der Waals surface area contributed by atoms with E-state index in [1.807, 2.05) is 20.8 Å². The molecule has 1 aliphatic rings. The van der Waals surface area contributed by atoms with Gasteiger partial charge in [-0.3, -0.25) is 4.79 Å². The van der Waals surface area contributed by atoms with E-state index in [1.54, 1.807) is 0 Å². The molecule has 94 valence electrons. The highest BCUT2D eigenvalue weighted by molar-refractivity contribution is 9.10. The van der Waals surface area contributed by atoms with Gasteiger partial charge in [0.25, 0.3) is 5.56 Å². The number of H-pyrrole nitrogens is 1. The van der Waals surface area contributed by atoms with Crippen molar-refractivity contribution in [1.82, 2.24) is 9.97 Å². The van der Waals surface area contributed by atoms with Crippen LogP contribution in [0.25, 0.3) is 0 Å². The number of nitrogens with one attached hydrogen (secondary N) is 1. The third-order valence-electron chi connectivity index (χ3n) is 2.65. The van der Waals surface area contributed by atoms with Gasteiger partial charge in [0, 0.05) is 13.1 Å². The fourth-order valence-corrected chi connectivity index (χ4v) is 2.68. The summed E-state index contributed by atoms with van der Waals surface area (Å²) in [5, 5.41) is 0. The molecule has 1 aromatic heterocycles. The molecule has 2 heterocycles. The maximum Gasteiger partial charge on any atom is 0.267 e. The first-order valence-electron chi connectivity index (χ1n) is 5.55. The Morgan fingerprint density at radius 3 is 3.00 bits per heavy atom. The Bertz CT molecular complexity index is 472. The van der Waals surface area contributed by atoms with Crippen LogP contribution in [-0.4, -0.2) is 34.8 Å². The maximum atomic E-state index is 11.5. The number of nitrogens with zero attached hydrogens (tertiary/aromatic N) is 2. The normalized spacial score (nSPS) is 23.8. The molecule has 0 aromatic carbocycles. The molecule has 0 spiro atoms. The van der Waals surface area contributed by atoms with Gasteiger partial charge in [-0.15, -0.1) is 0 Å². The lowest BCUT2D eigenvalue weighted by Gasteiger charge is -2.42. The summed E-state index contributed by atoms with van der Waals surface area (Å²) in [5.74, 6) is 0.678. The second-order valence-electron chi connectivity index (χ2n) is 4.94. The molecule has 0 amide bonds. The first-order valence-corrected chi connectivity index (χ1v) is 6.34. The van der Waals surface area contributed by atoms with E-state index >= 15 is 0 Å². The van der Waals surface area contributed by atoms with Crippen LogP contribution in [0.3, 0.4) is 0 Å². The zero-order valence-corrected chi connectivity index (χ0v) is 11.7. The molecule has 1 aliphatic heterocycles. The standard InChI is InChI=1S/C11H16BrN3O2/c1-7-4-15(5-11(2,3)17-7)9-8(12)10(16)14-6-13-9/h6-7H,4-5H2,1-3H3,(H,13,14,16). The number of halogens is 1. The minimum atomic E-state index is -0.235. The molecule has 0 radical (unpaired) electrons. The molecule has 0 saturated carbocycles. The molecule has 5 nitrogen and oxygen atoms in total. The summed E-state index contributed by atoms with van der Waals surface area (Å²) in [6.45, 7) is 7.55. The van der Waals surface area contributed by atoms with Crippen LogP contribution in [0.15, 0.2) is 15.6 Å². The number of aromatic nitrogens is 2. The summed E-state index contributed by atoms with van der Waals surface area (Å²) in [6.07, 6.45) is 1.54. The zero-order chi connectivity index (χ0) is 12.6. The lowest BCUT2D eigenvalue weighted by Crippen LogP contribution is -2.52. The van der Waals surface area contributed by atoms with Crippen LogP contribution >= 0.6 is 15.9 Å². The fraction of sp³-hybridized carbons (Fsp3) is 0.636. The molecule has 0 aliphatic carbocycles. The summed E-state index contributed by atoms with van der Waals surface area (Å²) in [4.78, 5) is 20.4. The number of ether oxygens (including phenoxy) is 1. The quantitative estimate of drug-likeness (QED) is 0.855. The second-order valence-corrected chi connectivity index (χ2v) is 5.73. The van der Waals surface area contributed by atoms with Crippen molar-refractivity contribution in [1.29, 1.82) is 0 Å². The predicted octanol–water partition coefficient (Wildman–Crippen LogP) is 1.54. The number of anilines is 1. The Kier molecular flexibility index (Phi) is 3.27. The van der Waals surface area contributed by atoms with Crippen molar-refractivity contribution in [3.63, 3.8) is 0 Å². The average molecular weight is 302 g/mol. The average Bonchev–Trinajstić information content (AvgIpc) is 2.19. The molecular weight excluding hydrogens is 286 g/mol. The van der Waals surface area contributed by atoms with Crippen LogP contribution in [0.4, 0.5) is 5.82 Å². The Labute approximate surface area is 108 Å². The molecule has 2 rings (SSSR count). The molecule has 17 heavy (non-hydrogen) atoms. The summed E-state index contributed by atoms with van der Waals surface area (Å²) in [7, 11) is 0. The number of hydrogen-bond acceptors (Lipinski definition) is 4. The highest BCUT2D eigenvalue weighted by Gasteiger charge is 2.32. The monoisotopic (exact) mass is 301 g/mol. The van der Waals surface area contributed by atoms with Crippen LogP contribution in [0.2, 0.25) is 0 Å². The highest BCUT2D eigenvalue weighted by atomic mass is 79.9. The van der Waals surface area contributed by atoms with Crippen LogP contribution in [-0.2, 0) is 4.74 Å². The van der Waals surface area contributed by atoms with Gasteiger partial charge in [0.2, 0.25) is 0 Å². The third-order valence-corrected chi connectivity index (χ3v) is 3.36. The van der Waals surface area contributed by atoms with Crippen molar-refractivity contribution in [2.24, 2.45) is 0 Å². The Morgan fingerprint density at radius 1 is 1.65 bits per heavy atom. The topological polar surface area (TPSA) is 58.2 Å². The van der Waals surface area contributed by atoms with Gasteiger partial charge in [-0.05, 0) is 36.7 Å². The van der Waals surface area contributed by atoms with E-state index in [-0.39, 0.29) is 17.3 Å². The smallest absolute Gasteiger partial charge is 0.267 e. The molecule has 0 bridgehead atoms. The maximum absolute atomic E-state index is 11.5. The van der Waals surface area contributed by atoms with Gasteiger partial charge < -0.3 is 14.6 Å². The zero-order valence-electron chi connectivity index (χ0n) is 10.2. The molecule has 1 aromatic rings. The summed E-state index contributed by atoms with van der Waals surface area (Å²) in [5.41, 5.74) is -0.395. The van der Waals surface area contributed by atoms with Crippen molar-refractivity contribution in [2.45, 2.75) is 32.5 Å². The van der Waals surface area contributed by atoms with Crippen molar-refractivity contribution >= 4 is 21.7 Å².